The smallest absolute Gasteiger partial charge is 0.321 e. The van der Waals surface area contributed by atoms with Crippen LogP contribution in [-0.4, -0.2) is 39.5 Å². The molecule has 0 aliphatic heterocycles. The minimum Gasteiger partial charge on any atom is -0.341 e. The van der Waals surface area contributed by atoms with E-state index < -0.39 is 6.03 Å². The SMILES string of the molecule is C=CCn1c(SCC(=O)NC(=O)NC)nnc1-c1cc2c(s1)CC[C@H](CC)C2. The largest absolute Gasteiger partial charge is 0.341 e. The predicted octanol–water partition coefficient (Wildman–Crippen LogP) is 3.26. The van der Waals surface area contributed by atoms with Gasteiger partial charge in [-0.05, 0) is 36.8 Å². The molecule has 1 aliphatic rings. The summed E-state index contributed by atoms with van der Waals surface area (Å²) in [5.41, 5.74) is 1.44. The number of carbonyl (C=O) groups is 2. The molecule has 3 amide bonds. The third-order valence-electron chi connectivity index (χ3n) is 4.82. The number of carbonyl (C=O) groups excluding carboxylic acids is 2. The Kier molecular flexibility index (Phi) is 6.90. The lowest BCUT2D eigenvalue weighted by molar-refractivity contribution is -0.117. The standard InChI is InChI=1S/C19H25N5O2S2/c1-4-8-24-17(15-10-13-9-12(5-2)6-7-14(13)28-15)22-23-19(24)27-11-16(25)21-18(26)20-3/h4,10,12H,1,5-9,11H2,2-3H3,(H2,20,21,25,26)/t12-/m0/s1. The molecule has 150 valence electrons. The third kappa shape index (κ3) is 4.64. The molecule has 0 saturated carbocycles. The van der Waals surface area contributed by atoms with Gasteiger partial charge in [0.1, 0.15) is 0 Å². The van der Waals surface area contributed by atoms with Gasteiger partial charge in [0.2, 0.25) is 5.91 Å². The summed E-state index contributed by atoms with van der Waals surface area (Å²) in [7, 11) is 1.46. The number of fused-ring (bicyclic) bond motifs is 1. The zero-order chi connectivity index (χ0) is 20.1. The van der Waals surface area contributed by atoms with Gasteiger partial charge >= 0.3 is 6.03 Å². The molecule has 2 heterocycles. The van der Waals surface area contributed by atoms with Crippen molar-refractivity contribution in [2.45, 2.75) is 44.3 Å². The van der Waals surface area contributed by atoms with E-state index in [2.05, 4.69) is 40.4 Å². The van der Waals surface area contributed by atoms with Crippen LogP contribution in [0.25, 0.3) is 10.7 Å². The monoisotopic (exact) mass is 419 g/mol. The molecule has 0 bridgehead atoms. The first-order chi connectivity index (χ1) is 13.5. The fourth-order valence-corrected chi connectivity index (χ4v) is 5.23. The number of thioether (sulfide) groups is 1. The van der Waals surface area contributed by atoms with Gasteiger partial charge in [-0.3, -0.25) is 14.7 Å². The maximum absolute atomic E-state index is 11.9. The molecule has 3 rings (SSSR count). The summed E-state index contributed by atoms with van der Waals surface area (Å²) in [6.45, 7) is 6.64. The van der Waals surface area contributed by atoms with Crippen LogP contribution in [0, 0.1) is 5.92 Å². The summed E-state index contributed by atoms with van der Waals surface area (Å²) in [5, 5.41) is 13.9. The molecule has 0 aromatic carbocycles. The highest BCUT2D eigenvalue weighted by molar-refractivity contribution is 7.99. The molecule has 9 heteroatoms. The summed E-state index contributed by atoms with van der Waals surface area (Å²) in [6, 6.07) is 1.73. The normalized spacial score (nSPS) is 15.7. The fraction of sp³-hybridized carbons (Fsp3) is 0.474. The highest BCUT2D eigenvalue weighted by Gasteiger charge is 2.23. The predicted molar refractivity (Wildman–Crippen MR) is 113 cm³/mol. The first-order valence-corrected chi connectivity index (χ1v) is 11.2. The number of hydrogen-bond acceptors (Lipinski definition) is 6. The summed E-state index contributed by atoms with van der Waals surface area (Å²) >= 11 is 3.05. The van der Waals surface area contributed by atoms with Crippen molar-refractivity contribution < 1.29 is 9.59 Å². The van der Waals surface area contributed by atoms with Crippen LogP contribution in [0.2, 0.25) is 0 Å². The van der Waals surface area contributed by atoms with Gasteiger partial charge in [0, 0.05) is 18.5 Å². The van der Waals surface area contributed by atoms with Gasteiger partial charge < -0.3 is 5.32 Å². The van der Waals surface area contributed by atoms with Crippen LogP contribution in [0.3, 0.4) is 0 Å². The maximum Gasteiger partial charge on any atom is 0.321 e. The number of aromatic nitrogens is 3. The zero-order valence-corrected chi connectivity index (χ0v) is 17.8. The number of urea groups is 1. The van der Waals surface area contributed by atoms with Crippen LogP contribution < -0.4 is 10.6 Å². The van der Waals surface area contributed by atoms with Crippen LogP contribution in [-0.2, 0) is 24.2 Å². The van der Waals surface area contributed by atoms with Crippen molar-refractivity contribution in [3.63, 3.8) is 0 Å². The number of imide groups is 1. The number of amides is 3. The van der Waals surface area contributed by atoms with E-state index in [0.29, 0.717) is 11.7 Å². The summed E-state index contributed by atoms with van der Waals surface area (Å²) in [4.78, 5) is 25.7. The molecular formula is C19H25N5O2S2. The minimum atomic E-state index is -0.520. The molecule has 7 nitrogen and oxygen atoms in total. The number of aryl methyl sites for hydroxylation is 1. The summed E-state index contributed by atoms with van der Waals surface area (Å²) < 4.78 is 1.97. The number of nitrogens with one attached hydrogen (secondary N) is 2. The van der Waals surface area contributed by atoms with Crippen LogP contribution in [0.1, 0.15) is 30.2 Å². The molecule has 1 atom stereocenters. The average Bonchev–Trinajstić information content (AvgIpc) is 3.29. The molecule has 0 fully saturated rings. The molecule has 1 aliphatic carbocycles. The Morgan fingerprint density at radius 2 is 2.29 bits per heavy atom. The number of rotatable bonds is 7. The summed E-state index contributed by atoms with van der Waals surface area (Å²) in [5.74, 6) is 1.28. The molecular weight excluding hydrogens is 394 g/mol. The maximum atomic E-state index is 11.9. The van der Waals surface area contributed by atoms with Gasteiger partial charge in [-0.1, -0.05) is 31.2 Å². The van der Waals surface area contributed by atoms with Crippen LogP contribution in [0.15, 0.2) is 23.9 Å². The van der Waals surface area contributed by atoms with E-state index in [4.69, 9.17) is 0 Å². The molecule has 0 unspecified atom stereocenters. The lowest BCUT2D eigenvalue weighted by Gasteiger charge is -2.19. The van der Waals surface area contributed by atoms with E-state index in [-0.39, 0.29) is 11.7 Å². The highest BCUT2D eigenvalue weighted by Crippen LogP contribution is 2.38. The van der Waals surface area contributed by atoms with Crippen LogP contribution >= 0.6 is 23.1 Å². The Morgan fingerprint density at radius 3 is 3.00 bits per heavy atom. The number of nitrogens with zero attached hydrogens (tertiary/aromatic N) is 3. The molecule has 2 aromatic heterocycles. The van der Waals surface area contributed by atoms with Gasteiger partial charge in [-0.2, -0.15) is 0 Å². The van der Waals surface area contributed by atoms with Crippen molar-refractivity contribution >= 4 is 35.0 Å². The topological polar surface area (TPSA) is 88.9 Å². The second-order valence-electron chi connectivity index (χ2n) is 6.70. The van der Waals surface area contributed by atoms with Gasteiger partial charge in [0.25, 0.3) is 0 Å². The van der Waals surface area contributed by atoms with Crippen LogP contribution in [0.4, 0.5) is 4.79 Å². The van der Waals surface area contributed by atoms with Gasteiger partial charge in [0.15, 0.2) is 11.0 Å². The number of hydrogen-bond donors (Lipinski definition) is 2. The van der Waals surface area contributed by atoms with Crippen LogP contribution in [0.5, 0.6) is 0 Å². The Balaban J connectivity index is 1.78. The molecule has 2 aromatic rings. The van der Waals surface area contributed by atoms with Crippen molar-refractivity contribution in [2.24, 2.45) is 5.92 Å². The van der Waals surface area contributed by atoms with Crippen molar-refractivity contribution in [2.75, 3.05) is 12.8 Å². The zero-order valence-electron chi connectivity index (χ0n) is 16.2. The third-order valence-corrected chi connectivity index (χ3v) is 7.02. The van der Waals surface area contributed by atoms with Gasteiger partial charge in [0.05, 0.1) is 10.6 Å². The van der Waals surface area contributed by atoms with Crippen molar-refractivity contribution in [3.05, 3.63) is 29.2 Å². The summed E-state index contributed by atoms with van der Waals surface area (Å²) in [6.07, 6.45) is 6.54. The van der Waals surface area contributed by atoms with Crippen molar-refractivity contribution in [1.82, 2.24) is 25.4 Å². The number of allylic oxidation sites excluding steroid dienone is 1. The first kappa shape index (κ1) is 20.6. The number of thiophene rings is 1. The minimum absolute atomic E-state index is 0.0851. The van der Waals surface area contributed by atoms with E-state index in [1.165, 1.54) is 42.1 Å². The quantitative estimate of drug-likeness (QED) is 0.531. The van der Waals surface area contributed by atoms with Crippen molar-refractivity contribution in [3.8, 4) is 10.7 Å². The lowest BCUT2D eigenvalue weighted by atomic mass is 9.87. The first-order valence-electron chi connectivity index (χ1n) is 9.36. The van der Waals surface area contributed by atoms with E-state index in [9.17, 15) is 9.59 Å². The molecule has 0 spiro atoms. The second kappa shape index (κ2) is 9.38. The molecule has 2 N–H and O–H groups in total. The van der Waals surface area contributed by atoms with Gasteiger partial charge in [-0.25, -0.2) is 4.79 Å². The highest BCUT2D eigenvalue weighted by atomic mass is 32.2. The molecule has 28 heavy (non-hydrogen) atoms. The molecule has 0 radical (unpaired) electrons. The van der Waals surface area contributed by atoms with Crippen molar-refractivity contribution in [1.29, 1.82) is 0 Å². The van der Waals surface area contributed by atoms with E-state index >= 15 is 0 Å². The van der Waals surface area contributed by atoms with E-state index in [1.54, 1.807) is 17.4 Å². The molecule has 0 saturated heterocycles. The Labute approximate surface area is 173 Å². The fourth-order valence-electron chi connectivity index (χ4n) is 3.28. The Hall–Kier alpha value is -2.13. The van der Waals surface area contributed by atoms with E-state index in [1.807, 2.05) is 4.57 Å². The second-order valence-corrected chi connectivity index (χ2v) is 8.78. The lowest BCUT2D eigenvalue weighted by Crippen LogP contribution is -2.38. The Morgan fingerprint density at radius 1 is 1.46 bits per heavy atom. The average molecular weight is 420 g/mol. The van der Waals surface area contributed by atoms with E-state index in [0.717, 1.165) is 29.5 Å². The van der Waals surface area contributed by atoms with Gasteiger partial charge in [-0.15, -0.1) is 28.1 Å². The Bertz CT molecular complexity index is 874.